The molecule has 0 saturated heterocycles. The molecule has 39 heavy (non-hydrogen) atoms. The van der Waals surface area contributed by atoms with E-state index in [2.05, 4.69) is 50.1 Å². The van der Waals surface area contributed by atoms with Gasteiger partial charge in [-0.05, 0) is 53.4 Å². The van der Waals surface area contributed by atoms with Gasteiger partial charge in [0, 0.05) is 40.6 Å². The standard InChI is InChI=1S/C32H30BrN5O/c33-27-14-12-24(13-15-27)31-35-32(25-16-18-34-19-17-25)38(36-31)21-20-37(28-9-2-3-10-28)30(39)22-26-8-5-7-23-6-1-4-11-29(23)26/h1,4-8,11-19,28H,2-3,9-10,20-22H2. The SMILES string of the molecule is O=C(Cc1cccc2ccccc12)N(CCn1nc(-c2ccc(Br)cc2)nc1-c1ccncc1)C1CCCC1. The molecule has 6 nitrogen and oxygen atoms in total. The van der Waals surface area contributed by atoms with Gasteiger partial charge in [-0.2, -0.15) is 5.10 Å². The summed E-state index contributed by atoms with van der Waals surface area (Å²) >= 11 is 3.51. The van der Waals surface area contributed by atoms with Gasteiger partial charge in [0.25, 0.3) is 0 Å². The van der Waals surface area contributed by atoms with Gasteiger partial charge in [0.15, 0.2) is 11.6 Å². The number of pyridine rings is 1. The van der Waals surface area contributed by atoms with Crippen molar-refractivity contribution in [3.05, 3.63) is 101 Å². The fraction of sp³-hybridized carbons (Fsp3) is 0.250. The number of benzene rings is 3. The van der Waals surface area contributed by atoms with Gasteiger partial charge in [0.05, 0.1) is 13.0 Å². The fourth-order valence-corrected chi connectivity index (χ4v) is 5.84. The van der Waals surface area contributed by atoms with E-state index in [-0.39, 0.29) is 11.9 Å². The molecule has 1 aliphatic carbocycles. The fourth-order valence-electron chi connectivity index (χ4n) is 5.57. The maximum atomic E-state index is 13.8. The first-order valence-corrected chi connectivity index (χ1v) is 14.3. The molecule has 5 aromatic rings. The van der Waals surface area contributed by atoms with Gasteiger partial charge < -0.3 is 4.90 Å². The van der Waals surface area contributed by atoms with E-state index in [1.54, 1.807) is 12.4 Å². The molecule has 1 amide bonds. The molecule has 0 atom stereocenters. The van der Waals surface area contributed by atoms with Gasteiger partial charge in [-0.1, -0.05) is 83.4 Å². The number of aromatic nitrogens is 4. The van der Waals surface area contributed by atoms with Gasteiger partial charge in [0.1, 0.15) is 0 Å². The molecule has 196 valence electrons. The van der Waals surface area contributed by atoms with Gasteiger partial charge in [0.2, 0.25) is 5.91 Å². The van der Waals surface area contributed by atoms with E-state index >= 15 is 0 Å². The highest BCUT2D eigenvalue weighted by molar-refractivity contribution is 9.10. The molecule has 0 unspecified atom stereocenters. The predicted octanol–water partition coefficient (Wildman–Crippen LogP) is 6.94. The van der Waals surface area contributed by atoms with E-state index in [1.807, 2.05) is 59.3 Å². The molecule has 0 bridgehead atoms. The number of amides is 1. The van der Waals surface area contributed by atoms with E-state index in [4.69, 9.17) is 10.1 Å². The molecule has 0 N–H and O–H groups in total. The molecule has 0 radical (unpaired) electrons. The minimum atomic E-state index is 0.178. The first-order valence-electron chi connectivity index (χ1n) is 13.5. The highest BCUT2D eigenvalue weighted by atomic mass is 79.9. The molecule has 1 aliphatic rings. The zero-order valence-corrected chi connectivity index (χ0v) is 23.3. The molecule has 1 saturated carbocycles. The number of carbonyl (C=O) groups excluding carboxylic acids is 1. The lowest BCUT2D eigenvalue weighted by Crippen LogP contribution is -2.42. The number of rotatable bonds is 8. The quantitative estimate of drug-likeness (QED) is 0.200. The summed E-state index contributed by atoms with van der Waals surface area (Å²) in [5, 5.41) is 7.22. The Morgan fingerprint density at radius 2 is 1.64 bits per heavy atom. The van der Waals surface area contributed by atoms with Crippen molar-refractivity contribution < 1.29 is 4.79 Å². The second-order valence-electron chi connectivity index (χ2n) is 10.1. The minimum Gasteiger partial charge on any atom is -0.338 e. The first kappa shape index (κ1) is 25.4. The maximum absolute atomic E-state index is 13.8. The first-order chi connectivity index (χ1) is 19.2. The summed E-state index contributed by atoms with van der Waals surface area (Å²) in [6, 6.07) is 26.7. The molecular weight excluding hydrogens is 550 g/mol. The topological polar surface area (TPSA) is 63.9 Å². The average Bonchev–Trinajstić information content (AvgIpc) is 3.65. The summed E-state index contributed by atoms with van der Waals surface area (Å²) in [6.07, 6.45) is 8.39. The lowest BCUT2D eigenvalue weighted by Gasteiger charge is -2.29. The van der Waals surface area contributed by atoms with E-state index in [9.17, 15) is 4.79 Å². The zero-order chi connectivity index (χ0) is 26.6. The second-order valence-corrected chi connectivity index (χ2v) is 11.0. The molecule has 2 aromatic heterocycles. The number of nitrogens with zero attached hydrogens (tertiary/aromatic N) is 5. The Labute approximate surface area is 236 Å². The largest absolute Gasteiger partial charge is 0.338 e. The van der Waals surface area contributed by atoms with Crippen LogP contribution in [0.3, 0.4) is 0 Å². The molecule has 7 heteroatoms. The van der Waals surface area contributed by atoms with Crippen LogP contribution in [0.1, 0.15) is 31.2 Å². The third-order valence-electron chi connectivity index (χ3n) is 7.57. The molecule has 6 rings (SSSR count). The summed E-state index contributed by atoms with van der Waals surface area (Å²) in [5.74, 6) is 1.63. The predicted molar refractivity (Wildman–Crippen MR) is 158 cm³/mol. The van der Waals surface area contributed by atoms with Crippen molar-refractivity contribution in [1.82, 2.24) is 24.6 Å². The highest BCUT2D eigenvalue weighted by Crippen LogP contribution is 2.27. The van der Waals surface area contributed by atoms with Crippen molar-refractivity contribution in [2.45, 2.75) is 44.7 Å². The van der Waals surface area contributed by atoms with Crippen molar-refractivity contribution >= 4 is 32.6 Å². The Hall–Kier alpha value is -3.84. The molecule has 1 fully saturated rings. The molecular formula is C32H30BrN5O. The summed E-state index contributed by atoms with van der Waals surface area (Å²) in [7, 11) is 0. The Bertz CT molecular complexity index is 1570. The van der Waals surface area contributed by atoms with Gasteiger partial charge >= 0.3 is 0 Å². The zero-order valence-electron chi connectivity index (χ0n) is 21.7. The molecule has 0 spiro atoms. The van der Waals surface area contributed by atoms with Gasteiger partial charge in [-0.15, -0.1) is 0 Å². The van der Waals surface area contributed by atoms with E-state index in [1.165, 1.54) is 18.2 Å². The van der Waals surface area contributed by atoms with Gasteiger partial charge in [-0.3, -0.25) is 9.78 Å². The third kappa shape index (κ3) is 5.64. The summed E-state index contributed by atoms with van der Waals surface area (Å²) in [4.78, 5) is 25.0. The summed E-state index contributed by atoms with van der Waals surface area (Å²) in [5.41, 5.74) is 2.99. The molecule has 3 aromatic carbocycles. The number of halogens is 1. The van der Waals surface area contributed by atoms with E-state index in [0.717, 1.165) is 45.2 Å². The second kappa shape index (κ2) is 11.5. The Morgan fingerprint density at radius 3 is 2.44 bits per heavy atom. The monoisotopic (exact) mass is 579 g/mol. The van der Waals surface area contributed by atoms with Crippen LogP contribution < -0.4 is 0 Å². The summed E-state index contributed by atoms with van der Waals surface area (Å²) in [6.45, 7) is 1.16. The molecule has 2 heterocycles. The lowest BCUT2D eigenvalue weighted by atomic mass is 10.0. The highest BCUT2D eigenvalue weighted by Gasteiger charge is 2.27. The van der Waals surface area contributed by atoms with Crippen LogP contribution in [-0.4, -0.2) is 43.1 Å². The van der Waals surface area contributed by atoms with E-state index < -0.39 is 0 Å². The smallest absolute Gasteiger partial charge is 0.227 e. The van der Waals surface area contributed by atoms with Crippen LogP contribution in [0.5, 0.6) is 0 Å². The number of fused-ring (bicyclic) bond motifs is 1. The Kier molecular flexibility index (Phi) is 7.50. The van der Waals surface area contributed by atoms with Crippen LogP contribution in [-0.2, 0) is 17.8 Å². The van der Waals surface area contributed by atoms with Crippen LogP contribution in [0.15, 0.2) is 95.7 Å². The van der Waals surface area contributed by atoms with Crippen molar-refractivity contribution in [3.63, 3.8) is 0 Å². The van der Waals surface area contributed by atoms with Crippen molar-refractivity contribution in [2.75, 3.05) is 6.54 Å². The Balaban J connectivity index is 1.28. The lowest BCUT2D eigenvalue weighted by molar-refractivity contribution is -0.132. The Morgan fingerprint density at radius 1 is 0.897 bits per heavy atom. The van der Waals surface area contributed by atoms with Crippen molar-refractivity contribution in [2.24, 2.45) is 0 Å². The van der Waals surface area contributed by atoms with E-state index in [0.29, 0.717) is 25.3 Å². The normalized spacial score (nSPS) is 13.7. The van der Waals surface area contributed by atoms with Crippen LogP contribution in [0, 0.1) is 0 Å². The minimum absolute atomic E-state index is 0.178. The van der Waals surface area contributed by atoms with Crippen LogP contribution in [0.4, 0.5) is 0 Å². The molecule has 0 aliphatic heterocycles. The van der Waals surface area contributed by atoms with Gasteiger partial charge in [-0.25, -0.2) is 9.67 Å². The third-order valence-corrected chi connectivity index (χ3v) is 8.10. The van der Waals surface area contributed by atoms with Crippen molar-refractivity contribution in [1.29, 1.82) is 0 Å². The summed E-state index contributed by atoms with van der Waals surface area (Å²) < 4.78 is 2.96. The number of hydrogen-bond donors (Lipinski definition) is 0. The van der Waals surface area contributed by atoms with Crippen LogP contribution in [0.25, 0.3) is 33.5 Å². The average molecular weight is 581 g/mol. The van der Waals surface area contributed by atoms with Crippen molar-refractivity contribution in [3.8, 4) is 22.8 Å². The number of hydrogen-bond acceptors (Lipinski definition) is 4. The van der Waals surface area contributed by atoms with Crippen LogP contribution in [0.2, 0.25) is 0 Å². The number of carbonyl (C=O) groups is 1. The van der Waals surface area contributed by atoms with Crippen LogP contribution >= 0.6 is 15.9 Å². The maximum Gasteiger partial charge on any atom is 0.227 e.